The maximum Gasteiger partial charge on any atom is 0.490 e. The Bertz CT molecular complexity index is 1410. The van der Waals surface area contributed by atoms with Crippen molar-refractivity contribution in [3.05, 3.63) is 51.9 Å². The molecular formula is C23H24F3N7O4. The highest BCUT2D eigenvalue weighted by Crippen LogP contribution is 2.20. The molecule has 0 aliphatic carbocycles. The van der Waals surface area contributed by atoms with Crippen molar-refractivity contribution >= 4 is 28.9 Å². The summed E-state index contributed by atoms with van der Waals surface area (Å²) in [5.41, 5.74) is 7.31. The average molecular weight is 519 g/mol. The smallest absolute Gasteiger partial charge is 0.475 e. The van der Waals surface area contributed by atoms with E-state index in [1.807, 2.05) is 10.6 Å². The molecule has 37 heavy (non-hydrogen) atoms. The number of nitrogens with one attached hydrogen (secondary N) is 1. The minimum Gasteiger partial charge on any atom is -0.475 e. The fourth-order valence-electron chi connectivity index (χ4n) is 3.60. The molecule has 0 atom stereocenters. The fourth-order valence-corrected chi connectivity index (χ4v) is 3.60. The highest BCUT2D eigenvalue weighted by Gasteiger charge is 2.38. The number of carbonyl (C=O) groups is 2. The van der Waals surface area contributed by atoms with Crippen LogP contribution in [0.25, 0.3) is 11.0 Å². The molecule has 3 aromatic rings. The topological polar surface area (TPSA) is 148 Å². The van der Waals surface area contributed by atoms with E-state index in [2.05, 4.69) is 27.2 Å². The maximum atomic E-state index is 13.3. The number of piperazine rings is 1. The number of aromatic nitrogens is 4. The quantitative estimate of drug-likeness (QED) is 0.420. The number of rotatable bonds is 5. The van der Waals surface area contributed by atoms with Gasteiger partial charge in [-0.15, -0.1) is 5.92 Å². The van der Waals surface area contributed by atoms with Crippen LogP contribution in [0.5, 0.6) is 0 Å². The van der Waals surface area contributed by atoms with Crippen molar-refractivity contribution < 1.29 is 27.9 Å². The van der Waals surface area contributed by atoms with Gasteiger partial charge in [0.2, 0.25) is 11.9 Å². The summed E-state index contributed by atoms with van der Waals surface area (Å²) in [5.74, 6) is 3.41. The lowest BCUT2D eigenvalue weighted by molar-refractivity contribution is -0.192. The van der Waals surface area contributed by atoms with E-state index in [0.29, 0.717) is 23.1 Å². The number of primary amides is 1. The number of carboxylic acids is 1. The number of carbonyl (C=O) groups excluding carboxylic acids is 1. The van der Waals surface area contributed by atoms with E-state index >= 15 is 0 Å². The number of hydrogen-bond acceptors (Lipinski definition) is 7. The molecule has 1 aliphatic rings. The molecule has 11 nitrogen and oxygen atoms in total. The molecule has 0 spiro atoms. The first-order chi connectivity index (χ1) is 17.5. The Morgan fingerprint density at radius 1 is 1.24 bits per heavy atom. The Balaban J connectivity index is 0.000000479. The van der Waals surface area contributed by atoms with Gasteiger partial charge in [-0.1, -0.05) is 18.1 Å². The average Bonchev–Trinajstić information content (AvgIpc) is 3.24. The van der Waals surface area contributed by atoms with Crippen molar-refractivity contribution in [3.63, 3.8) is 0 Å². The van der Waals surface area contributed by atoms with E-state index in [4.69, 9.17) is 20.6 Å². The van der Waals surface area contributed by atoms with Gasteiger partial charge in [0, 0.05) is 31.7 Å². The van der Waals surface area contributed by atoms with Gasteiger partial charge in [-0.05, 0) is 24.6 Å². The van der Waals surface area contributed by atoms with Crippen LogP contribution < -0.4 is 21.5 Å². The van der Waals surface area contributed by atoms with Crippen LogP contribution in [0.1, 0.15) is 22.8 Å². The number of benzene rings is 1. The lowest BCUT2D eigenvalue weighted by atomic mass is 10.1. The van der Waals surface area contributed by atoms with E-state index in [0.717, 1.165) is 37.7 Å². The van der Waals surface area contributed by atoms with Crippen molar-refractivity contribution in [2.45, 2.75) is 26.2 Å². The van der Waals surface area contributed by atoms with Crippen LogP contribution in [-0.4, -0.2) is 68.7 Å². The van der Waals surface area contributed by atoms with E-state index in [9.17, 15) is 22.8 Å². The number of halogens is 3. The number of carboxylic acid groups (broad SMARTS) is 1. The number of aliphatic carboxylic acids is 1. The molecule has 14 heteroatoms. The fraction of sp³-hybridized carbons (Fsp3) is 0.348. The number of fused-ring (bicyclic) bond motifs is 1. The van der Waals surface area contributed by atoms with Crippen molar-refractivity contribution in [2.75, 3.05) is 31.1 Å². The second-order valence-electron chi connectivity index (χ2n) is 7.87. The number of anilines is 1. The number of nitrogens with zero attached hydrogens (tertiary/aromatic N) is 5. The maximum absolute atomic E-state index is 13.3. The summed E-state index contributed by atoms with van der Waals surface area (Å²) in [6.45, 7) is 5.72. The molecule has 1 amide bonds. The second-order valence-corrected chi connectivity index (χ2v) is 7.87. The lowest BCUT2D eigenvalue weighted by Gasteiger charge is -2.28. The first-order valence-corrected chi connectivity index (χ1v) is 11.0. The summed E-state index contributed by atoms with van der Waals surface area (Å²) < 4.78 is 35.0. The van der Waals surface area contributed by atoms with Gasteiger partial charge >= 0.3 is 12.1 Å². The molecule has 0 saturated carbocycles. The molecule has 0 radical (unpaired) electrons. The highest BCUT2D eigenvalue weighted by atomic mass is 19.4. The summed E-state index contributed by atoms with van der Waals surface area (Å²) in [6.07, 6.45) is -3.48. The summed E-state index contributed by atoms with van der Waals surface area (Å²) in [5, 5.41) is 14.7. The first kappa shape index (κ1) is 27.2. The Morgan fingerprint density at radius 3 is 2.51 bits per heavy atom. The molecule has 4 rings (SSSR count). The molecule has 1 saturated heterocycles. The van der Waals surface area contributed by atoms with Gasteiger partial charge in [-0.3, -0.25) is 14.2 Å². The summed E-state index contributed by atoms with van der Waals surface area (Å²) >= 11 is 0. The summed E-state index contributed by atoms with van der Waals surface area (Å²) in [4.78, 5) is 40.5. The molecule has 0 unspecified atom stereocenters. The Labute approximate surface area is 208 Å². The number of imidazole rings is 1. The third kappa shape index (κ3) is 6.64. The molecular weight excluding hydrogens is 495 g/mol. The molecule has 0 bridgehead atoms. The zero-order chi connectivity index (χ0) is 27.2. The number of nitrogens with two attached hydrogens (primary N) is 1. The van der Waals surface area contributed by atoms with Crippen LogP contribution in [0.2, 0.25) is 0 Å². The van der Waals surface area contributed by atoms with Gasteiger partial charge in [-0.25, -0.2) is 14.5 Å². The second kappa shape index (κ2) is 11.6. The zero-order valence-corrected chi connectivity index (χ0v) is 19.7. The molecule has 2 aromatic heterocycles. The van der Waals surface area contributed by atoms with Crippen LogP contribution in [0.3, 0.4) is 0 Å². The highest BCUT2D eigenvalue weighted by molar-refractivity contribution is 5.92. The van der Waals surface area contributed by atoms with Crippen LogP contribution in [-0.2, 0) is 17.9 Å². The van der Waals surface area contributed by atoms with Gasteiger partial charge < -0.3 is 21.1 Å². The van der Waals surface area contributed by atoms with Crippen molar-refractivity contribution in [1.82, 2.24) is 24.6 Å². The standard InChI is InChI=1S/C21H23N7O2.C2HF3O2/c1-2-3-9-27-18-17(25-21(27)26-10-7-23-8-11-26)13-24-28(20(18)30)14-15-5-4-6-16(12-15)19(22)29;3-2(4,5)1(6)7/h4-6,12-13,23H,7-11,14H2,1H3,(H2,22,29);(H,6,7). The van der Waals surface area contributed by atoms with Gasteiger partial charge in [0.25, 0.3) is 5.56 Å². The number of hydrogen-bond donors (Lipinski definition) is 3. The van der Waals surface area contributed by atoms with Gasteiger partial charge in [0.15, 0.2) is 0 Å². The summed E-state index contributed by atoms with van der Waals surface area (Å²) in [7, 11) is 0. The van der Waals surface area contributed by atoms with E-state index in [1.165, 1.54) is 4.68 Å². The number of amides is 1. The zero-order valence-electron chi connectivity index (χ0n) is 19.7. The van der Waals surface area contributed by atoms with E-state index < -0.39 is 18.1 Å². The van der Waals surface area contributed by atoms with Crippen LogP contribution in [0.4, 0.5) is 19.1 Å². The lowest BCUT2D eigenvalue weighted by Crippen LogP contribution is -2.44. The van der Waals surface area contributed by atoms with Crippen molar-refractivity contribution in [3.8, 4) is 11.8 Å². The van der Waals surface area contributed by atoms with Crippen LogP contribution in [0, 0.1) is 11.8 Å². The molecule has 4 N–H and O–H groups in total. The normalized spacial score (nSPS) is 13.4. The minimum atomic E-state index is -5.08. The Hall–Kier alpha value is -4.38. The number of alkyl halides is 3. The predicted octanol–water partition coefficient (Wildman–Crippen LogP) is 0.806. The largest absolute Gasteiger partial charge is 0.490 e. The minimum absolute atomic E-state index is 0.226. The predicted molar refractivity (Wildman–Crippen MR) is 128 cm³/mol. The van der Waals surface area contributed by atoms with Crippen LogP contribution >= 0.6 is 0 Å². The Morgan fingerprint density at radius 2 is 1.92 bits per heavy atom. The molecule has 3 heterocycles. The molecule has 1 aliphatic heterocycles. The third-order valence-electron chi connectivity index (χ3n) is 5.33. The monoisotopic (exact) mass is 519 g/mol. The van der Waals surface area contributed by atoms with Gasteiger partial charge in [-0.2, -0.15) is 18.3 Å². The molecule has 196 valence electrons. The van der Waals surface area contributed by atoms with Gasteiger partial charge in [0.1, 0.15) is 11.0 Å². The molecule has 1 fully saturated rings. The van der Waals surface area contributed by atoms with E-state index in [-0.39, 0.29) is 12.1 Å². The van der Waals surface area contributed by atoms with Crippen molar-refractivity contribution in [2.24, 2.45) is 5.73 Å². The van der Waals surface area contributed by atoms with Crippen LogP contribution in [0.15, 0.2) is 35.3 Å². The first-order valence-electron chi connectivity index (χ1n) is 11.0. The Kier molecular flexibility index (Phi) is 8.51. The van der Waals surface area contributed by atoms with Crippen molar-refractivity contribution in [1.29, 1.82) is 0 Å². The SMILES string of the molecule is CC#CCn1c(N2CCNCC2)nc2cnn(Cc3cccc(C(N)=O)c3)c(=O)c21.O=C(O)C(F)(F)F. The third-order valence-corrected chi connectivity index (χ3v) is 5.33. The summed E-state index contributed by atoms with van der Waals surface area (Å²) in [6, 6.07) is 6.88. The molecule has 1 aromatic carbocycles. The van der Waals surface area contributed by atoms with E-state index in [1.54, 1.807) is 31.3 Å². The van der Waals surface area contributed by atoms with Gasteiger partial charge in [0.05, 0.1) is 19.3 Å².